The van der Waals surface area contributed by atoms with E-state index in [1.54, 1.807) is 6.07 Å². The summed E-state index contributed by atoms with van der Waals surface area (Å²) in [4.78, 5) is 10.7. The number of para-hydroxylation sites is 1. The van der Waals surface area contributed by atoms with Gasteiger partial charge in [0.2, 0.25) is 0 Å². The fourth-order valence-corrected chi connectivity index (χ4v) is 2.53. The number of hydrogen-bond acceptors (Lipinski definition) is 4. The van der Waals surface area contributed by atoms with Gasteiger partial charge in [-0.15, -0.1) is 0 Å². The molecule has 1 aliphatic rings. The standard InChI is InChI=1S/C14H20N2O3/c1-10-6-5-8-12(16(17)18)14(10)19-13-9-4-2-3-7-11(13)15/h5-6,8,11,13H,2-4,7,9,15H2,1H3. The molecule has 2 unspecified atom stereocenters. The Kier molecular flexibility index (Phi) is 4.37. The van der Waals surface area contributed by atoms with E-state index in [1.807, 2.05) is 13.0 Å². The van der Waals surface area contributed by atoms with Gasteiger partial charge >= 0.3 is 5.69 Å². The van der Waals surface area contributed by atoms with Gasteiger partial charge in [0.1, 0.15) is 6.10 Å². The SMILES string of the molecule is Cc1cccc([N+](=O)[O-])c1OC1CCCCCC1N. The predicted octanol–water partition coefficient (Wildman–Crippen LogP) is 2.94. The van der Waals surface area contributed by atoms with Crippen molar-refractivity contribution in [3.05, 3.63) is 33.9 Å². The molecule has 0 aromatic heterocycles. The summed E-state index contributed by atoms with van der Waals surface area (Å²) in [5.74, 6) is 0.370. The summed E-state index contributed by atoms with van der Waals surface area (Å²) in [5.41, 5.74) is 6.92. The van der Waals surface area contributed by atoms with Crippen molar-refractivity contribution < 1.29 is 9.66 Å². The summed E-state index contributed by atoms with van der Waals surface area (Å²) in [6, 6.07) is 4.93. The molecule has 0 bridgehead atoms. The van der Waals surface area contributed by atoms with Crippen molar-refractivity contribution in [1.82, 2.24) is 0 Å². The monoisotopic (exact) mass is 264 g/mol. The van der Waals surface area contributed by atoms with Crippen molar-refractivity contribution in [2.45, 2.75) is 51.2 Å². The molecule has 2 N–H and O–H groups in total. The summed E-state index contributed by atoms with van der Waals surface area (Å²) in [6.07, 6.45) is 5.00. The number of benzene rings is 1. The summed E-state index contributed by atoms with van der Waals surface area (Å²) in [7, 11) is 0. The summed E-state index contributed by atoms with van der Waals surface area (Å²) in [6.45, 7) is 1.82. The van der Waals surface area contributed by atoms with E-state index >= 15 is 0 Å². The molecule has 1 aromatic carbocycles. The van der Waals surface area contributed by atoms with Gasteiger partial charge in [-0.1, -0.05) is 25.0 Å². The van der Waals surface area contributed by atoms with Gasteiger partial charge in [0, 0.05) is 12.1 Å². The average molecular weight is 264 g/mol. The second kappa shape index (κ2) is 6.02. The molecule has 19 heavy (non-hydrogen) atoms. The molecule has 5 nitrogen and oxygen atoms in total. The molecule has 0 aliphatic heterocycles. The maximum absolute atomic E-state index is 11.1. The lowest BCUT2D eigenvalue weighted by molar-refractivity contribution is -0.386. The lowest BCUT2D eigenvalue weighted by Crippen LogP contribution is -2.38. The van der Waals surface area contributed by atoms with Crippen LogP contribution in [-0.2, 0) is 0 Å². The van der Waals surface area contributed by atoms with Crippen molar-refractivity contribution in [3.63, 3.8) is 0 Å². The summed E-state index contributed by atoms with van der Waals surface area (Å²) < 4.78 is 5.90. The number of nitro benzene ring substituents is 1. The highest BCUT2D eigenvalue weighted by atomic mass is 16.6. The molecule has 0 amide bonds. The van der Waals surface area contributed by atoms with Crippen LogP contribution in [0.15, 0.2) is 18.2 Å². The van der Waals surface area contributed by atoms with Crippen molar-refractivity contribution >= 4 is 5.69 Å². The van der Waals surface area contributed by atoms with Gasteiger partial charge in [-0.2, -0.15) is 0 Å². The molecule has 1 aliphatic carbocycles. The van der Waals surface area contributed by atoms with Crippen molar-refractivity contribution in [2.75, 3.05) is 0 Å². The molecule has 1 saturated carbocycles. The summed E-state index contributed by atoms with van der Waals surface area (Å²) >= 11 is 0. The molecule has 5 heteroatoms. The van der Waals surface area contributed by atoms with Crippen molar-refractivity contribution in [1.29, 1.82) is 0 Å². The van der Waals surface area contributed by atoms with Crippen molar-refractivity contribution in [3.8, 4) is 5.75 Å². The lowest BCUT2D eigenvalue weighted by Gasteiger charge is -2.23. The minimum absolute atomic E-state index is 0.0245. The third-order valence-electron chi connectivity index (χ3n) is 3.66. The molecule has 1 fully saturated rings. The van der Waals surface area contributed by atoms with E-state index < -0.39 is 4.92 Å². The van der Waals surface area contributed by atoms with E-state index in [1.165, 1.54) is 6.07 Å². The quantitative estimate of drug-likeness (QED) is 0.517. The Bertz CT molecular complexity index is 462. The highest BCUT2D eigenvalue weighted by Gasteiger charge is 2.26. The minimum Gasteiger partial charge on any atom is -0.482 e. The zero-order valence-corrected chi connectivity index (χ0v) is 11.2. The Hall–Kier alpha value is -1.62. The predicted molar refractivity (Wildman–Crippen MR) is 73.3 cm³/mol. The molecule has 2 atom stereocenters. The van der Waals surface area contributed by atoms with Crippen LogP contribution in [0.3, 0.4) is 0 Å². The van der Waals surface area contributed by atoms with Gasteiger partial charge in [0.15, 0.2) is 5.75 Å². The molecular formula is C14H20N2O3. The second-order valence-electron chi connectivity index (χ2n) is 5.14. The van der Waals surface area contributed by atoms with Crippen LogP contribution in [-0.4, -0.2) is 17.1 Å². The second-order valence-corrected chi connectivity index (χ2v) is 5.14. The lowest BCUT2D eigenvalue weighted by atomic mass is 10.1. The van der Waals surface area contributed by atoms with E-state index in [0.717, 1.165) is 37.7 Å². The maximum atomic E-state index is 11.1. The van der Waals surface area contributed by atoms with Crippen LogP contribution in [0.1, 0.15) is 37.7 Å². The third-order valence-corrected chi connectivity index (χ3v) is 3.66. The molecule has 0 spiro atoms. The first-order valence-electron chi connectivity index (χ1n) is 6.76. The molecule has 0 saturated heterocycles. The number of nitrogens with two attached hydrogens (primary N) is 1. The van der Waals surface area contributed by atoms with Gasteiger partial charge in [0.05, 0.1) is 4.92 Å². The molecular weight excluding hydrogens is 244 g/mol. The highest BCUT2D eigenvalue weighted by molar-refractivity contribution is 5.51. The minimum atomic E-state index is -0.398. The average Bonchev–Trinajstić information content (AvgIpc) is 2.57. The number of hydrogen-bond donors (Lipinski definition) is 1. The fourth-order valence-electron chi connectivity index (χ4n) is 2.53. The van der Waals surface area contributed by atoms with Crippen LogP contribution in [0.25, 0.3) is 0 Å². The van der Waals surface area contributed by atoms with Crippen LogP contribution in [0, 0.1) is 17.0 Å². The van der Waals surface area contributed by atoms with E-state index in [0.29, 0.717) is 5.75 Å². The summed E-state index contributed by atoms with van der Waals surface area (Å²) in [5, 5.41) is 11.1. The Morgan fingerprint density at radius 3 is 2.79 bits per heavy atom. The van der Waals surface area contributed by atoms with E-state index in [9.17, 15) is 10.1 Å². The zero-order chi connectivity index (χ0) is 13.8. The highest BCUT2D eigenvalue weighted by Crippen LogP contribution is 2.33. The van der Waals surface area contributed by atoms with Gasteiger partial charge in [-0.05, 0) is 31.7 Å². The topological polar surface area (TPSA) is 78.4 Å². The Morgan fingerprint density at radius 2 is 2.05 bits per heavy atom. The first kappa shape index (κ1) is 13.8. The molecule has 0 radical (unpaired) electrons. The normalized spacial score (nSPS) is 23.7. The Labute approximate surface area is 112 Å². The Morgan fingerprint density at radius 1 is 1.32 bits per heavy atom. The largest absolute Gasteiger partial charge is 0.482 e. The smallest absolute Gasteiger partial charge is 0.311 e. The van der Waals surface area contributed by atoms with Crippen LogP contribution in [0.5, 0.6) is 5.75 Å². The van der Waals surface area contributed by atoms with Crippen LogP contribution < -0.4 is 10.5 Å². The van der Waals surface area contributed by atoms with Crippen LogP contribution >= 0.6 is 0 Å². The van der Waals surface area contributed by atoms with Crippen LogP contribution in [0.2, 0.25) is 0 Å². The maximum Gasteiger partial charge on any atom is 0.311 e. The number of nitro groups is 1. The molecule has 104 valence electrons. The van der Waals surface area contributed by atoms with E-state index in [2.05, 4.69) is 0 Å². The first-order valence-corrected chi connectivity index (χ1v) is 6.76. The first-order chi connectivity index (χ1) is 9.09. The number of aryl methyl sites for hydroxylation is 1. The van der Waals surface area contributed by atoms with E-state index in [-0.39, 0.29) is 17.8 Å². The Balaban J connectivity index is 2.24. The molecule has 2 rings (SSSR count). The third kappa shape index (κ3) is 3.23. The molecule has 1 aromatic rings. The van der Waals surface area contributed by atoms with Gasteiger partial charge in [-0.3, -0.25) is 10.1 Å². The van der Waals surface area contributed by atoms with Gasteiger partial charge in [0.25, 0.3) is 0 Å². The molecule has 0 heterocycles. The van der Waals surface area contributed by atoms with Gasteiger partial charge in [-0.25, -0.2) is 0 Å². The number of ether oxygens (including phenoxy) is 1. The van der Waals surface area contributed by atoms with Crippen molar-refractivity contribution in [2.24, 2.45) is 5.73 Å². The van der Waals surface area contributed by atoms with Crippen LogP contribution in [0.4, 0.5) is 5.69 Å². The number of rotatable bonds is 3. The fraction of sp³-hybridized carbons (Fsp3) is 0.571. The van der Waals surface area contributed by atoms with Gasteiger partial charge < -0.3 is 10.5 Å². The van der Waals surface area contributed by atoms with E-state index in [4.69, 9.17) is 10.5 Å². The zero-order valence-electron chi connectivity index (χ0n) is 11.2. The number of nitrogens with zero attached hydrogens (tertiary/aromatic N) is 1.